The van der Waals surface area contributed by atoms with Crippen LogP contribution in [0.15, 0.2) is 30.1 Å². The second-order valence-electron chi connectivity index (χ2n) is 8.12. The zero-order valence-electron chi connectivity index (χ0n) is 15.7. The molecule has 2 aliphatic rings. The minimum absolute atomic E-state index is 0.0972. The van der Waals surface area contributed by atoms with Gasteiger partial charge in [-0.05, 0) is 58.7 Å². The first-order valence-electron chi connectivity index (χ1n) is 8.74. The standard InChI is InChI=1S/C18H22BF4NO3/c1-15(2)16(3,4)27-19(26-15)13(20)10-17(7-8-17)11-25-14-12(18(21,22)23)6-5-9-24-14/h5-6,9-10H,7-8,11H2,1-4H3. The summed E-state index contributed by atoms with van der Waals surface area (Å²) in [7, 11) is -1.13. The van der Waals surface area contributed by atoms with Crippen molar-refractivity contribution in [3.8, 4) is 5.88 Å². The van der Waals surface area contributed by atoms with Gasteiger partial charge in [0.1, 0.15) is 11.3 Å². The van der Waals surface area contributed by atoms with Crippen molar-refractivity contribution in [3.05, 3.63) is 35.7 Å². The predicted octanol–water partition coefficient (Wildman–Crippen LogP) is 4.74. The summed E-state index contributed by atoms with van der Waals surface area (Å²) in [6.45, 7) is 7.16. The largest absolute Gasteiger partial charge is 0.524 e. The van der Waals surface area contributed by atoms with E-state index in [1.54, 1.807) is 0 Å². The van der Waals surface area contributed by atoms with Crippen LogP contribution < -0.4 is 4.74 Å². The smallest absolute Gasteiger partial charge is 0.476 e. The third-order valence-electron chi connectivity index (χ3n) is 5.39. The molecule has 0 unspecified atom stereocenters. The van der Waals surface area contributed by atoms with Gasteiger partial charge in [-0.25, -0.2) is 9.37 Å². The third kappa shape index (κ3) is 4.14. The van der Waals surface area contributed by atoms with Crippen LogP contribution in [0.25, 0.3) is 0 Å². The molecular formula is C18H22BF4NO3. The van der Waals surface area contributed by atoms with Crippen LogP contribution in [-0.4, -0.2) is 29.9 Å². The summed E-state index contributed by atoms with van der Waals surface area (Å²) in [4.78, 5) is 3.66. The van der Waals surface area contributed by atoms with Gasteiger partial charge in [-0.2, -0.15) is 13.2 Å². The van der Waals surface area contributed by atoms with E-state index in [4.69, 9.17) is 14.0 Å². The molecule has 4 nitrogen and oxygen atoms in total. The first-order valence-corrected chi connectivity index (χ1v) is 8.74. The average Bonchev–Trinajstić information content (AvgIpc) is 3.26. The van der Waals surface area contributed by atoms with Crippen LogP contribution in [0.4, 0.5) is 17.6 Å². The summed E-state index contributed by atoms with van der Waals surface area (Å²) in [6.07, 6.45) is -0.775. The van der Waals surface area contributed by atoms with Crippen molar-refractivity contribution in [2.75, 3.05) is 6.61 Å². The molecule has 0 radical (unpaired) electrons. The van der Waals surface area contributed by atoms with Crippen molar-refractivity contribution in [2.24, 2.45) is 5.41 Å². The van der Waals surface area contributed by atoms with Gasteiger partial charge in [-0.1, -0.05) is 0 Å². The number of hydrogen-bond acceptors (Lipinski definition) is 4. The van der Waals surface area contributed by atoms with E-state index in [2.05, 4.69) is 4.98 Å². The molecule has 1 aromatic heterocycles. The van der Waals surface area contributed by atoms with Crippen LogP contribution >= 0.6 is 0 Å². The van der Waals surface area contributed by atoms with E-state index < -0.39 is 47.1 Å². The van der Waals surface area contributed by atoms with Gasteiger partial charge in [0.05, 0.1) is 17.8 Å². The fourth-order valence-corrected chi connectivity index (χ4v) is 2.74. The van der Waals surface area contributed by atoms with Crippen molar-refractivity contribution in [3.63, 3.8) is 0 Å². The third-order valence-corrected chi connectivity index (χ3v) is 5.39. The average molecular weight is 387 g/mol. The van der Waals surface area contributed by atoms with Crippen molar-refractivity contribution in [1.29, 1.82) is 0 Å². The van der Waals surface area contributed by atoms with Crippen LogP contribution in [0.3, 0.4) is 0 Å². The van der Waals surface area contributed by atoms with Crippen molar-refractivity contribution < 1.29 is 31.6 Å². The summed E-state index contributed by atoms with van der Waals surface area (Å²) in [5, 5.41) is 0. The van der Waals surface area contributed by atoms with Gasteiger partial charge in [0, 0.05) is 11.6 Å². The Morgan fingerprint density at radius 3 is 2.33 bits per heavy atom. The van der Waals surface area contributed by atoms with Crippen LogP contribution in [0, 0.1) is 5.41 Å². The molecule has 0 bridgehead atoms. The normalized spacial score (nSPS) is 23.4. The molecular weight excluding hydrogens is 365 g/mol. The Hall–Kier alpha value is -1.61. The summed E-state index contributed by atoms with van der Waals surface area (Å²) < 4.78 is 70.4. The number of hydrogen-bond donors (Lipinski definition) is 0. The van der Waals surface area contributed by atoms with Gasteiger partial charge >= 0.3 is 13.3 Å². The molecule has 3 rings (SSSR count). The molecule has 0 spiro atoms. The first-order chi connectivity index (χ1) is 12.4. The molecule has 0 aromatic carbocycles. The quantitative estimate of drug-likeness (QED) is 0.541. The highest BCUT2D eigenvalue weighted by Gasteiger charge is 2.54. The maximum Gasteiger partial charge on any atom is 0.524 e. The second-order valence-corrected chi connectivity index (χ2v) is 8.12. The van der Waals surface area contributed by atoms with Gasteiger partial charge in [0.2, 0.25) is 5.88 Å². The van der Waals surface area contributed by atoms with E-state index in [1.807, 2.05) is 27.7 Å². The van der Waals surface area contributed by atoms with Crippen molar-refractivity contribution in [1.82, 2.24) is 4.98 Å². The first kappa shape index (κ1) is 20.1. The zero-order valence-corrected chi connectivity index (χ0v) is 15.7. The molecule has 27 heavy (non-hydrogen) atoms. The van der Waals surface area contributed by atoms with Crippen LogP contribution in [0.2, 0.25) is 0 Å². The Labute approximate surface area is 156 Å². The van der Waals surface area contributed by atoms with Gasteiger partial charge < -0.3 is 14.0 Å². The number of ether oxygens (including phenoxy) is 1. The molecule has 2 fully saturated rings. The Balaban J connectivity index is 1.70. The number of rotatable bonds is 5. The SMILES string of the molecule is CC1(C)OB(C(F)=CC2(COc3ncccc3C(F)(F)F)CC2)OC1(C)C. The van der Waals surface area contributed by atoms with E-state index in [0.717, 1.165) is 6.07 Å². The number of alkyl halides is 3. The van der Waals surface area contributed by atoms with Crippen LogP contribution in [0.5, 0.6) is 5.88 Å². The summed E-state index contributed by atoms with van der Waals surface area (Å²) in [5.41, 5.74) is -3.56. The lowest BCUT2D eigenvalue weighted by Gasteiger charge is -2.32. The molecule has 0 atom stereocenters. The monoisotopic (exact) mass is 387 g/mol. The zero-order chi connectivity index (χ0) is 20.1. The highest BCUT2D eigenvalue weighted by Crippen LogP contribution is 2.49. The van der Waals surface area contributed by atoms with Crippen molar-refractivity contribution in [2.45, 2.75) is 57.9 Å². The minimum atomic E-state index is -4.57. The van der Waals surface area contributed by atoms with E-state index in [-0.39, 0.29) is 6.61 Å². The molecule has 0 N–H and O–H groups in total. The molecule has 148 valence electrons. The van der Waals surface area contributed by atoms with E-state index in [9.17, 15) is 17.6 Å². The summed E-state index contributed by atoms with van der Waals surface area (Å²) >= 11 is 0. The van der Waals surface area contributed by atoms with Gasteiger partial charge in [0.15, 0.2) is 0 Å². The van der Waals surface area contributed by atoms with Gasteiger partial charge in [-0.3, -0.25) is 0 Å². The second kappa shape index (κ2) is 6.48. The molecule has 1 aliphatic carbocycles. The Kier molecular flexibility index (Phi) is 4.83. The van der Waals surface area contributed by atoms with Crippen LogP contribution in [0.1, 0.15) is 46.1 Å². The van der Waals surface area contributed by atoms with Crippen LogP contribution in [-0.2, 0) is 15.5 Å². The Bertz CT molecular complexity index is 728. The molecule has 2 heterocycles. The number of pyridine rings is 1. The van der Waals surface area contributed by atoms with Gasteiger partial charge in [-0.15, -0.1) is 0 Å². The maximum absolute atomic E-state index is 14.7. The summed E-state index contributed by atoms with van der Waals surface area (Å²) in [6, 6.07) is 2.10. The highest BCUT2D eigenvalue weighted by molar-refractivity contribution is 6.53. The van der Waals surface area contributed by atoms with E-state index in [1.165, 1.54) is 18.3 Å². The number of nitrogens with zero attached hydrogens (tertiary/aromatic N) is 1. The molecule has 1 aliphatic heterocycles. The summed E-state index contributed by atoms with van der Waals surface area (Å²) in [5.74, 6) is -0.499. The van der Waals surface area contributed by atoms with Crippen molar-refractivity contribution >= 4 is 7.12 Å². The predicted molar refractivity (Wildman–Crippen MR) is 91.7 cm³/mol. The number of aromatic nitrogens is 1. The highest BCUT2D eigenvalue weighted by atomic mass is 19.4. The van der Waals surface area contributed by atoms with E-state index in [0.29, 0.717) is 12.8 Å². The molecule has 9 heteroatoms. The fourth-order valence-electron chi connectivity index (χ4n) is 2.74. The Morgan fingerprint density at radius 2 is 1.81 bits per heavy atom. The molecule has 1 aromatic rings. The molecule has 1 saturated carbocycles. The fraction of sp³-hybridized carbons (Fsp3) is 0.611. The lowest BCUT2D eigenvalue weighted by molar-refractivity contribution is -0.139. The Morgan fingerprint density at radius 1 is 1.22 bits per heavy atom. The lowest BCUT2D eigenvalue weighted by atomic mass is 9.85. The minimum Gasteiger partial charge on any atom is -0.476 e. The topological polar surface area (TPSA) is 40.6 Å². The number of halogens is 4. The lowest BCUT2D eigenvalue weighted by Crippen LogP contribution is -2.41. The van der Waals surface area contributed by atoms with Gasteiger partial charge in [0.25, 0.3) is 0 Å². The molecule has 0 amide bonds. The maximum atomic E-state index is 14.7. The molecule has 1 saturated heterocycles. The van der Waals surface area contributed by atoms with E-state index >= 15 is 0 Å².